The molecule has 2 N–H and O–H groups in total. The summed E-state index contributed by atoms with van der Waals surface area (Å²) in [7, 11) is 0. The van der Waals surface area contributed by atoms with Crippen LogP contribution < -0.4 is 5.32 Å². The maximum absolute atomic E-state index is 12.2. The van der Waals surface area contributed by atoms with Gasteiger partial charge in [0.25, 0.3) is 5.91 Å². The predicted octanol–water partition coefficient (Wildman–Crippen LogP) is 2.93. The molecule has 1 aromatic heterocycles. The third-order valence-corrected chi connectivity index (χ3v) is 4.02. The number of carboxylic acids is 1. The number of hydrogen-bond donors (Lipinski definition) is 2. The standard InChI is InChI=1S/C14H21NO3S/c1-5-9-6-7-19-12(9)13(18)15-10(8-11(16)17)14(2,3)4/h6-7,10H,5,8H2,1-4H3,(H,15,18)(H,16,17). The van der Waals surface area contributed by atoms with Crippen LogP contribution in [-0.2, 0) is 11.2 Å². The molecule has 0 aliphatic heterocycles. The second-order valence-corrected chi connectivity index (χ2v) is 6.53. The van der Waals surface area contributed by atoms with Crippen LogP contribution >= 0.6 is 11.3 Å². The maximum atomic E-state index is 12.2. The van der Waals surface area contributed by atoms with Crippen molar-refractivity contribution in [3.8, 4) is 0 Å². The van der Waals surface area contributed by atoms with Gasteiger partial charge in [0.1, 0.15) is 0 Å². The van der Waals surface area contributed by atoms with Crippen LogP contribution in [0.5, 0.6) is 0 Å². The molecule has 0 spiro atoms. The van der Waals surface area contributed by atoms with E-state index in [2.05, 4.69) is 5.32 Å². The number of carbonyl (C=O) groups excluding carboxylic acids is 1. The van der Waals surface area contributed by atoms with Crippen LogP contribution in [0.25, 0.3) is 0 Å². The molecule has 1 amide bonds. The Labute approximate surface area is 117 Å². The summed E-state index contributed by atoms with van der Waals surface area (Å²) in [6.45, 7) is 7.78. The molecule has 1 aromatic rings. The quantitative estimate of drug-likeness (QED) is 0.873. The number of rotatable bonds is 5. The first-order chi connectivity index (χ1) is 8.75. The molecule has 1 rings (SSSR count). The van der Waals surface area contributed by atoms with Crippen LogP contribution in [0.15, 0.2) is 11.4 Å². The first kappa shape index (κ1) is 15.7. The monoisotopic (exact) mass is 283 g/mol. The summed E-state index contributed by atoms with van der Waals surface area (Å²) in [5.74, 6) is -1.07. The smallest absolute Gasteiger partial charge is 0.305 e. The highest BCUT2D eigenvalue weighted by molar-refractivity contribution is 7.12. The van der Waals surface area contributed by atoms with E-state index in [1.807, 2.05) is 39.1 Å². The van der Waals surface area contributed by atoms with Crippen LogP contribution in [-0.4, -0.2) is 23.0 Å². The van der Waals surface area contributed by atoms with E-state index in [9.17, 15) is 9.59 Å². The fourth-order valence-electron chi connectivity index (χ4n) is 1.79. The summed E-state index contributed by atoms with van der Waals surface area (Å²) in [5, 5.41) is 13.7. The summed E-state index contributed by atoms with van der Waals surface area (Å²) < 4.78 is 0. The van der Waals surface area contributed by atoms with Crippen molar-refractivity contribution in [2.45, 2.75) is 46.6 Å². The molecule has 0 aliphatic carbocycles. The molecule has 106 valence electrons. The number of thiophene rings is 1. The molecule has 0 aliphatic rings. The lowest BCUT2D eigenvalue weighted by Gasteiger charge is -2.30. The fourth-order valence-corrected chi connectivity index (χ4v) is 2.68. The number of aryl methyl sites for hydroxylation is 1. The Morgan fingerprint density at radius 2 is 2.05 bits per heavy atom. The van der Waals surface area contributed by atoms with E-state index < -0.39 is 5.97 Å². The first-order valence-corrected chi connectivity index (χ1v) is 7.22. The third-order valence-electron chi connectivity index (χ3n) is 3.06. The van der Waals surface area contributed by atoms with Crippen molar-refractivity contribution in [2.24, 2.45) is 5.41 Å². The Balaban J connectivity index is 2.85. The van der Waals surface area contributed by atoms with E-state index in [0.717, 1.165) is 12.0 Å². The minimum atomic E-state index is -0.901. The van der Waals surface area contributed by atoms with Gasteiger partial charge in [-0.05, 0) is 28.8 Å². The van der Waals surface area contributed by atoms with Gasteiger partial charge in [-0.2, -0.15) is 0 Å². The van der Waals surface area contributed by atoms with Gasteiger partial charge in [-0.3, -0.25) is 9.59 Å². The molecule has 1 unspecified atom stereocenters. The van der Waals surface area contributed by atoms with E-state index >= 15 is 0 Å². The van der Waals surface area contributed by atoms with E-state index in [4.69, 9.17) is 5.11 Å². The number of amides is 1. The number of aliphatic carboxylic acids is 1. The van der Waals surface area contributed by atoms with Crippen LogP contribution in [0.4, 0.5) is 0 Å². The van der Waals surface area contributed by atoms with Crippen LogP contribution in [0.2, 0.25) is 0 Å². The minimum Gasteiger partial charge on any atom is -0.481 e. The van der Waals surface area contributed by atoms with E-state index in [1.165, 1.54) is 11.3 Å². The SMILES string of the molecule is CCc1ccsc1C(=O)NC(CC(=O)O)C(C)(C)C. The number of carbonyl (C=O) groups is 2. The molecule has 1 atom stereocenters. The van der Waals surface area contributed by atoms with Gasteiger partial charge in [-0.15, -0.1) is 11.3 Å². The van der Waals surface area contributed by atoms with Crippen molar-refractivity contribution < 1.29 is 14.7 Å². The molecule has 0 bridgehead atoms. The Hall–Kier alpha value is -1.36. The summed E-state index contributed by atoms with van der Waals surface area (Å²) in [5.41, 5.74) is 0.711. The zero-order valence-corrected chi connectivity index (χ0v) is 12.6. The second kappa shape index (κ2) is 6.19. The highest BCUT2D eigenvalue weighted by atomic mass is 32.1. The average molecular weight is 283 g/mol. The van der Waals surface area contributed by atoms with Gasteiger partial charge in [0, 0.05) is 6.04 Å². The van der Waals surface area contributed by atoms with Crippen LogP contribution in [0.3, 0.4) is 0 Å². The number of hydrogen-bond acceptors (Lipinski definition) is 3. The second-order valence-electron chi connectivity index (χ2n) is 5.62. The zero-order chi connectivity index (χ0) is 14.6. The van der Waals surface area contributed by atoms with Gasteiger partial charge < -0.3 is 10.4 Å². The third kappa shape index (κ3) is 4.35. The van der Waals surface area contributed by atoms with Crippen molar-refractivity contribution in [3.63, 3.8) is 0 Å². The highest BCUT2D eigenvalue weighted by Gasteiger charge is 2.29. The van der Waals surface area contributed by atoms with Crippen molar-refractivity contribution in [3.05, 3.63) is 21.9 Å². The largest absolute Gasteiger partial charge is 0.481 e. The fraction of sp³-hybridized carbons (Fsp3) is 0.571. The molecule has 0 saturated carbocycles. The molecule has 0 radical (unpaired) electrons. The van der Waals surface area contributed by atoms with Crippen molar-refractivity contribution in [2.75, 3.05) is 0 Å². The molecule has 19 heavy (non-hydrogen) atoms. The zero-order valence-electron chi connectivity index (χ0n) is 11.8. The summed E-state index contributed by atoms with van der Waals surface area (Å²) in [6, 6.07) is 1.55. The van der Waals surface area contributed by atoms with Gasteiger partial charge in [0.05, 0.1) is 11.3 Å². The summed E-state index contributed by atoms with van der Waals surface area (Å²) >= 11 is 1.39. The van der Waals surface area contributed by atoms with E-state index in [1.54, 1.807) is 0 Å². The van der Waals surface area contributed by atoms with Gasteiger partial charge in [0.15, 0.2) is 0 Å². The topological polar surface area (TPSA) is 66.4 Å². The maximum Gasteiger partial charge on any atom is 0.305 e. The lowest BCUT2D eigenvalue weighted by Crippen LogP contribution is -2.45. The molecule has 0 saturated heterocycles. The average Bonchev–Trinajstić information content (AvgIpc) is 2.74. The lowest BCUT2D eigenvalue weighted by molar-refractivity contribution is -0.138. The molecule has 4 nitrogen and oxygen atoms in total. The lowest BCUT2D eigenvalue weighted by atomic mass is 9.84. The molecular formula is C14H21NO3S. The van der Waals surface area contributed by atoms with Gasteiger partial charge in [0.2, 0.25) is 0 Å². The first-order valence-electron chi connectivity index (χ1n) is 6.34. The van der Waals surface area contributed by atoms with E-state index in [-0.39, 0.29) is 23.8 Å². The highest BCUT2D eigenvalue weighted by Crippen LogP contribution is 2.24. The van der Waals surface area contributed by atoms with Crippen LogP contribution in [0, 0.1) is 5.41 Å². The minimum absolute atomic E-state index is 0.0674. The Morgan fingerprint density at radius 3 is 2.53 bits per heavy atom. The Bertz CT molecular complexity index is 460. The molecular weight excluding hydrogens is 262 g/mol. The molecule has 1 heterocycles. The molecule has 0 fully saturated rings. The predicted molar refractivity (Wildman–Crippen MR) is 76.7 cm³/mol. The number of carboxylic acid groups (broad SMARTS) is 1. The Kier molecular flexibility index (Phi) is 5.11. The number of nitrogens with one attached hydrogen (secondary N) is 1. The summed E-state index contributed by atoms with van der Waals surface area (Å²) in [6.07, 6.45) is 0.730. The molecule has 0 aromatic carbocycles. The van der Waals surface area contributed by atoms with Crippen LogP contribution in [0.1, 0.15) is 49.4 Å². The van der Waals surface area contributed by atoms with Crippen molar-refractivity contribution in [1.82, 2.24) is 5.32 Å². The van der Waals surface area contributed by atoms with Crippen molar-refractivity contribution >= 4 is 23.2 Å². The summed E-state index contributed by atoms with van der Waals surface area (Å²) in [4.78, 5) is 23.8. The van der Waals surface area contributed by atoms with Crippen molar-refractivity contribution in [1.29, 1.82) is 0 Å². The van der Waals surface area contributed by atoms with E-state index in [0.29, 0.717) is 4.88 Å². The van der Waals surface area contributed by atoms with Gasteiger partial charge >= 0.3 is 5.97 Å². The van der Waals surface area contributed by atoms with Gasteiger partial charge in [-0.25, -0.2) is 0 Å². The molecule has 5 heteroatoms. The van der Waals surface area contributed by atoms with Gasteiger partial charge in [-0.1, -0.05) is 27.7 Å². The Morgan fingerprint density at radius 1 is 1.42 bits per heavy atom. The normalized spacial score (nSPS) is 13.1.